The maximum Gasteiger partial charge on any atom is 0.270 e. The van der Waals surface area contributed by atoms with Crippen molar-refractivity contribution in [2.75, 3.05) is 37.6 Å². The van der Waals surface area contributed by atoms with Gasteiger partial charge in [0.2, 0.25) is 0 Å². The minimum absolute atomic E-state index is 0.0831. The largest absolute Gasteiger partial charge is 0.355 e. The number of amides is 1. The van der Waals surface area contributed by atoms with E-state index in [1.165, 1.54) is 30.2 Å². The first-order chi connectivity index (χ1) is 19.9. The summed E-state index contributed by atoms with van der Waals surface area (Å²) in [6, 6.07) is 12.6. The van der Waals surface area contributed by atoms with Crippen LogP contribution < -0.4 is 10.5 Å². The van der Waals surface area contributed by atoms with Crippen molar-refractivity contribution in [1.82, 2.24) is 14.4 Å². The Hall–Kier alpha value is -2.93. The molecule has 7 nitrogen and oxygen atoms in total. The lowest BCUT2D eigenvalue weighted by Crippen LogP contribution is -2.48. The van der Waals surface area contributed by atoms with E-state index in [0.29, 0.717) is 27.9 Å². The number of hydrogen-bond donors (Lipinski definition) is 0. The van der Waals surface area contributed by atoms with Gasteiger partial charge < -0.3 is 4.90 Å². The summed E-state index contributed by atoms with van der Waals surface area (Å²) in [5.74, 6) is 0.720. The number of hydrogen-bond acceptors (Lipinski definition) is 7. The summed E-state index contributed by atoms with van der Waals surface area (Å²) in [5, 5.41) is 9.94. The molecule has 0 bridgehead atoms. The Morgan fingerprint density at radius 3 is 2.34 bits per heavy atom. The van der Waals surface area contributed by atoms with Gasteiger partial charge in [-0.05, 0) is 37.0 Å². The summed E-state index contributed by atoms with van der Waals surface area (Å²) in [6.45, 7) is 11.3. The first-order valence-electron chi connectivity index (χ1n) is 14.8. The van der Waals surface area contributed by atoms with Crippen LogP contribution in [0.1, 0.15) is 74.6 Å². The van der Waals surface area contributed by atoms with E-state index in [1.54, 1.807) is 9.47 Å². The van der Waals surface area contributed by atoms with Crippen LogP contribution in [0.15, 0.2) is 40.0 Å². The fourth-order valence-electron chi connectivity index (χ4n) is 5.57. The van der Waals surface area contributed by atoms with Gasteiger partial charge in [0, 0.05) is 51.4 Å². The fourth-order valence-corrected chi connectivity index (χ4v) is 6.86. The van der Waals surface area contributed by atoms with Gasteiger partial charge in [0.05, 0.1) is 4.91 Å². The summed E-state index contributed by atoms with van der Waals surface area (Å²) < 4.78 is 2.33. The summed E-state index contributed by atoms with van der Waals surface area (Å²) in [7, 11) is 0. The Labute approximate surface area is 253 Å². The number of pyridine rings is 1. The molecule has 2 saturated heterocycles. The van der Waals surface area contributed by atoms with Crippen molar-refractivity contribution < 1.29 is 4.79 Å². The van der Waals surface area contributed by atoms with Crippen molar-refractivity contribution in [2.24, 2.45) is 0 Å². The number of anilines is 1. The molecule has 41 heavy (non-hydrogen) atoms. The number of rotatable bonds is 12. The van der Waals surface area contributed by atoms with E-state index in [-0.39, 0.29) is 17.0 Å². The molecule has 1 aromatic carbocycles. The quantitative estimate of drug-likeness (QED) is 0.172. The molecule has 4 rings (SSSR count). The zero-order valence-corrected chi connectivity index (χ0v) is 26.2. The van der Waals surface area contributed by atoms with E-state index >= 15 is 0 Å². The van der Waals surface area contributed by atoms with Gasteiger partial charge in [0.1, 0.15) is 21.8 Å². The minimum atomic E-state index is -0.259. The number of nitriles is 1. The SMILES string of the molecule is CCCCCCCN1C(=O)/C(=C/c2c(C)c(C#N)c(=O)n(CCC)c2N2CCN(Cc3ccccc3)CC2)SC1=S. The van der Waals surface area contributed by atoms with Crippen molar-refractivity contribution in [3.05, 3.63) is 67.8 Å². The van der Waals surface area contributed by atoms with Crippen LogP contribution in [-0.4, -0.2) is 57.3 Å². The van der Waals surface area contributed by atoms with E-state index in [9.17, 15) is 14.9 Å². The monoisotopic (exact) mass is 591 g/mol. The van der Waals surface area contributed by atoms with Crippen LogP contribution in [0.2, 0.25) is 0 Å². The molecule has 0 radical (unpaired) electrons. The van der Waals surface area contributed by atoms with Crippen LogP contribution in [0.5, 0.6) is 0 Å². The zero-order valence-electron chi connectivity index (χ0n) is 24.5. The molecule has 218 valence electrons. The summed E-state index contributed by atoms with van der Waals surface area (Å²) in [5.41, 5.74) is 2.56. The Morgan fingerprint density at radius 2 is 1.68 bits per heavy atom. The van der Waals surface area contributed by atoms with Crippen LogP contribution in [0.3, 0.4) is 0 Å². The van der Waals surface area contributed by atoms with Crippen LogP contribution >= 0.6 is 24.0 Å². The van der Waals surface area contributed by atoms with Crippen LogP contribution in [0.25, 0.3) is 6.08 Å². The number of unbranched alkanes of at least 4 members (excludes halogenated alkanes) is 4. The van der Waals surface area contributed by atoms with Crippen molar-refractivity contribution in [1.29, 1.82) is 5.26 Å². The number of aromatic nitrogens is 1. The second-order valence-corrected chi connectivity index (χ2v) is 12.5. The van der Waals surface area contributed by atoms with Gasteiger partial charge in [-0.3, -0.25) is 24.0 Å². The maximum absolute atomic E-state index is 13.5. The molecule has 2 aromatic rings. The minimum Gasteiger partial charge on any atom is -0.355 e. The Balaban J connectivity index is 1.64. The highest BCUT2D eigenvalue weighted by molar-refractivity contribution is 8.26. The molecule has 1 aromatic heterocycles. The first-order valence-corrected chi connectivity index (χ1v) is 16.1. The highest BCUT2D eigenvalue weighted by atomic mass is 32.2. The highest BCUT2D eigenvalue weighted by Gasteiger charge is 2.33. The molecule has 0 N–H and O–H groups in total. The lowest BCUT2D eigenvalue weighted by molar-refractivity contribution is -0.122. The zero-order chi connectivity index (χ0) is 29.4. The van der Waals surface area contributed by atoms with E-state index in [4.69, 9.17) is 12.2 Å². The van der Waals surface area contributed by atoms with E-state index < -0.39 is 0 Å². The molecule has 0 unspecified atom stereocenters. The number of thiocarbonyl (C=S) groups is 1. The van der Waals surface area contributed by atoms with Crippen molar-refractivity contribution in [2.45, 2.75) is 72.4 Å². The topological polar surface area (TPSA) is 72.6 Å². The second kappa shape index (κ2) is 14.8. The maximum atomic E-state index is 13.5. The van der Waals surface area contributed by atoms with Gasteiger partial charge in [0.25, 0.3) is 11.5 Å². The average Bonchev–Trinajstić information content (AvgIpc) is 3.24. The number of benzene rings is 1. The van der Waals surface area contributed by atoms with Gasteiger partial charge in [-0.1, -0.05) is 93.8 Å². The number of piperazine rings is 1. The van der Waals surface area contributed by atoms with Gasteiger partial charge in [-0.2, -0.15) is 5.26 Å². The Bertz CT molecular complexity index is 1370. The molecule has 0 spiro atoms. The lowest BCUT2D eigenvalue weighted by Gasteiger charge is -2.38. The molecule has 0 atom stereocenters. The third kappa shape index (κ3) is 7.29. The molecular formula is C32H41N5O2S2. The van der Waals surface area contributed by atoms with E-state index in [0.717, 1.165) is 69.8 Å². The third-order valence-corrected chi connectivity index (χ3v) is 9.23. The van der Waals surface area contributed by atoms with Crippen molar-refractivity contribution >= 4 is 46.1 Å². The fraction of sp³-hybridized carbons (Fsp3) is 0.500. The van der Waals surface area contributed by atoms with Crippen molar-refractivity contribution in [3.63, 3.8) is 0 Å². The van der Waals surface area contributed by atoms with E-state index in [1.807, 2.05) is 26.0 Å². The summed E-state index contributed by atoms with van der Waals surface area (Å²) in [6.07, 6.45) is 8.19. The van der Waals surface area contributed by atoms with E-state index in [2.05, 4.69) is 47.1 Å². The molecule has 1 amide bonds. The van der Waals surface area contributed by atoms with Gasteiger partial charge in [-0.15, -0.1) is 0 Å². The summed E-state index contributed by atoms with van der Waals surface area (Å²) >= 11 is 6.93. The third-order valence-electron chi connectivity index (χ3n) is 7.85. The molecule has 3 heterocycles. The van der Waals surface area contributed by atoms with Gasteiger partial charge in [0.15, 0.2) is 0 Å². The standard InChI is InChI=1S/C32H41N5O2S2/c1-4-6-7-8-12-16-37-31(39)28(41-32(37)40)21-26-24(3)27(22-33)30(38)36(15-5-2)29(26)35-19-17-34(18-20-35)23-25-13-10-9-11-14-25/h9-11,13-14,21H,4-8,12,15-20,23H2,1-3H3/b28-21-. The first kappa shape index (κ1) is 31.0. The number of thioether (sulfide) groups is 1. The molecule has 0 saturated carbocycles. The van der Waals surface area contributed by atoms with Crippen LogP contribution in [0, 0.1) is 18.3 Å². The predicted molar refractivity (Wildman–Crippen MR) is 173 cm³/mol. The Kier molecular flexibility index (Phi) is 11.2. The molecule has 2 aliphatic rings. The highest BCUT2D eigenvalue weighted by Crippen LogP contribution is 2.36. The van der Waals surface area contributed by atoms with Gasteiger partial charge in [-0.25, -0.2) is 0 Å². The molecule has 2 aliphatic heterocycles. The smallest absolute Gasteiger partial charge is 0.270 e. The lowest BCUT2D eigenvalue weighted by atomic mass is 10.0. The van der Waals surface area contributed by atoms with Crippen LogP contribution in [0.4, 0.5) is 5.82 Å². The molecule has 2 fully saturated rings. The average molecular weight is 592 g/mol. The van der Waals surface area contributed by atoms with Crippen LogP contribution in [-0.2, 0) is 17.9 Å². The van der Waals surface area contributed by atoms with Crippen molar-refractivity contribution in [3.8, 4) is 6.07 Å². The predicted octanol–water partition coefficient (Wildman–Crippen LogP) is 5.93. The van der Waals surface area contributed by atoms with Gasteiger partial charge >= 0.3 is 0 Å². The number of carbonyl (C=O) groups is 1. The number of carbonyl (C=O) groups excluding carboxylic acids is 1. The molecular weight excluding hydrogens is 551 g/mol. The number of nitrogens with zero attached hydrogens (tertiary/aromatic N) is 5. The normalized spacial score (nSPS) is 17.1. The Morgan fingerprint density at radius 1 is 0.976 bits per heavy atom. The molecule has 0 aliphatic carbocycles. The molecule has 9 heteroatoms. The summed E-state index contributed by atoms with van der Waals surface area (Å²) in [4.78, 5) is 33.9. The second-order valence-electron chi connectivity index (χ2n) is 10.8.